The molecular formula is C18H24ClN3O2. The maximum atomic E-state index is 5.98. The number of ether oxygens (including phenoxy) is 1. The van der Waals surface area contributed by atoms with Crippen LogP contribution in [0.25, 0.3) is 0 Å². The fourth-order valence-electron chi connectivity index (χ4n) is 2.19. The molecule has 1 aromatic carbocycles. The van der Waals surface area contributed by atoms with Crippen LogP contribution in [0.1, 0.15) is 17.7 Å². The van der Waals surface area contributed by atoms with Crippen molar-refractivity contribution in [1.82, 2.24) is 10.6 Å². The number of guanidine groups is 1. The Balaban J connectivity index is 1.54. The van der Waals surface area contributed by atoms with E-state index in [1.54, 1.807) is 13.3 Å². The van der Waals surface area contributed by atoms with Gasteiger partial charge in [0.25, 0.3) is 0 Å². The lowest BCUT2D eigenvalue weighted by Crippen LogP contribution is -2.39. The topological polar surface area (TPSA) is 58.8 Å². The van der Waals surface area contributed by atoms with Crippen molar-refractivity contribution in [1.29, 1.82) is 0 Å². The molecule has 0 saturated carbocycles. The highest BCUT2D eigenvalue weighted by Gasteiger charge is 1.99. The Morgan fingerprint density at radius 2 is 2.08 bits per heavy atom. The number of furan rings is 1. The van der Waals surface area contributed by atoms with Gasteiger partial charge in [-0.1, -0.05) is 23.7 Å². The Labute approximate surface area is 148 Å². The highest BCUT2D eigenvalue weighted by atomic mass is 35.5. The first-order valence-corrected chi connectivity index (χ1v) is 8.45. The Bertz CT molecular complexity index is 614. The van der Waals surface area contributed by atoms with Gasteiger partial charge in [0, 0.05) is 31.8 Å². The summed E-state index contributed by atoms with van der Waals surface area (Å²) < 4.78 is 10.7. The van der Waals surface area contributed by atoms with Gasteiger partial charge in [-0.2, -0.15) is 0 Å². The van der Waals surface area contributed by atoms with E-state index in [1.165, 1.54) is 5.56 Å². The number of benzene rings is 1. The standard InChI is InChI=1S/C18H24ClN3O2/c1-20-18(22-10-8-15-5-2-6-16(19)13-15)21-9-4-11-23-14-17-7-3-12-24-17/h2-3,5-7,12-13H,4,8-11,14H2,1H3,(H2,20,21,22). The zero-order chi connectivity index (χ0) is 17.0. The molecule has 2 aromatic rings. The third-order valence-corrected chi connectivity index (χ3v) is 3.64. The van der Waals surface area contributed by atoms with Gasteiger partial charge >= 0.3 is 0 Å². The molecule has 0 amide bonds. The molecule has 0 fully saturated rings. The molecule has 0 atom stereocenters. The van der Waals surface area contributed by atoms with Crippen molar-refractivity contribution in [2.75, 3.05) is 26.7 Å². The Hall–Kier alpha value is -1.98. The van der Waals surface area contributed by atoms with Crippen LogP contribution < -0.4 is 10.6 Å². The SMILES string of the molecule is CN=C(NCCCOCc1ccco1)NCCc1cccc(Cl)c1. The fourth-order valence-corrected chi connectivity index (χ4v) is 2.40. The molecular weight excluding hydrogens is 326 g/mol. The minimum absolute atomic E-state index is 0.514. The second kappa shape index (κ2) is 10.7. The van der Waals surface area contributed by atoms with Gasteiger partial charge in [-0.3, -0.25) is 4.99 Å². The van der Waals surface area contributed by atoms with Gasteiger partial charge in [0.15, 0.2) is 5.96 Å². The predicted molar refractivity (Wildman–Crippen MR) is 97.5 cm³/mol. The van der Waals surface area contributed by atoms with Crippen molar-refractivity contribution < 1.29 is 9.15 Å². The van der Waals surface area contributed by atoms with E-state index in [4.69, 9.17) is 20.8 Å². The maximum absolute atomic E-state index is 5.98. The molecule has 130 valence electrons. The van der Waals surface area contributed by atoms with Crippen LogP contribution in [-0.4, -0.2) is 32.7 Å². The first-order chi connectivity index (χ1) is 11.8. The van der Waals surface area contributed by atoms with Gasteiger partial charge in [0.05, 0.1) is 6.26 Å². The van der Waals surface area contributed by atoms with Gasteiger partial charge in [-0.25, -0.2) is 0 Å². The van der Waals surface area contributed by atoms with Crippen molar-refractivity contribution in [3.8, 4) is 0 Å². The molecule has 0 saturated heterocycles. The number of nitrogens with zero attached hydrogens (tertiary/aromatic N) is 1. The smallest absolute Gasteiger partial charge is 0.190 e. The summed E-state index contributed by atoms with van der Waals surface area (Å²) in [6.07, 6.45) is 3.45. The number of halogens is 1. The molecule has 2 rings (SSSR count). The van der Waals surface area contributed by atoms with E-state index < -0.39 is 0 Å². The zero-order valence-electron chi connectivity index (χ0n) is 13.9. The number of rotatable bonds is 9. The Morgan fingerprint density at radius 3 is 2.83 bits per heavy atom. The predicted octanol–water partition coefficient (Wildman–Crippen LogP) is 3.25. The lowest BCUT2D eigenvalue weighted by molar-refractivity contribution is 0.105. The molecule has 0 aliphatic heterocycles. The van der Waals surface area contributed by atoms with E-state index in [1.807, 2.05) is 30.3 Å². The molecule has 0 aliphatic carbocycles. The van der Waals surface area contributed by atoms with E-state index in [9.17, 15) is 0 Å². The zero-order valence-corrected chi connectivity index (χ0v) is 14.7. The van der Waals surface area contributed by atoms with Crippen LogP contribution in [0.2, 0.25) is 5.02 Å². The summed E-state index contributed by atoms with van der Waals surface area (Å²) in [6.45, 7) is 2.79. The average Bonchev–Trinajstić information content (AvgIpc) is 3.09. The molecule has 0 bridgehead atoms. The molecule has 0 spiro atoms. The van der Waals surface area contributed by atoms with Crippen LogP contribution >= 0.6 is 11.6 Å². The lowest BCUT2D eigenvalue weighted by atomic mass is 10.1. The van der Waals surface area contributed by atoms with Crippen molar-refractivity contribution in [2.45, 2.75) is 19.4 Å². The first-order valence-electron chi connectivity index (χ1n) is 8.07. The van der Waals surface area contributed by atoms with Crippen LogP contribution in [0.4, 0.5) is 0 Å². The summed E-state index contributed by atoms with van der Waals surface area (Å²) in [7, 11) is 1.77. The molecule has 0 unspecified atom stereocenters. The Morgan fingerprint density at radius 1 is 1.21 bits per heavy atom. The van der Waals surface area contributed by atoms with Crippen LogP contribution in [-0.2, 0) is 17.8 Å². The molecule has 5 nitrogen and oxygen atoms in total. The minimum atomic E-state index is 0.514. The van der Waals surface area contributed by atoms with E-state index in [-0.39, 0.29) is 0 Å². The quantitative estimate of drug-likeness (QED) is 0.414. The molecule has 0 aliphatic rings. The molecule has 0 radical (unpaired) electrons. The van der Waals surface area contributed by atoms with Crippen LogP contribution in [0.15, 0.2) is 52.1 Å². The molecule has 6 heteroatoms. The van der Waals surface area contributed by atoms with Gasteiger partial charge in [0.1, 0.15) is 12.4 Å². The lowest BCUT2D eigenvalue weighted by Gasteiger charge is -2.12. The largest absolute Gasteiger partial charge is 0.467 e. The number of nitrogens with one attached hydrogen (secondary N) is 2. The van der Waals surface area contributed by atoms with Gasteiger partial charge in [-0.05, 0) is 42.7 Å². The van der Waals surface area contributed by atoms with E-state index in [0.717, 1.165) is 42.7 Å². The van der Waals surface area contributed by atoms with Crippen LogP contribution in [0.5, 0.6) is 0 Å². The van der Waals surface area contributed by atoms with Crippen LogP contribution in [0.3, 0.4) is 0 Å². The summed E-state index contributed by atoms with van der Waals surface area (Å²) in [4.78, 5) is 4.21. The number of hydrogen-bond donors (Lipinski definition) is 2. The van der Waals surface area contributed by atoms with Crippen molar-refractivity contribution in [3.05, 3.63) is 59.0 Å². The van der Waals surface area contributed by atoms with Gasteiger partial charge < -0.3 is 19.8 Å². The third-order valence-electron chi connectivity index (χ3n) is 3.40. The minimum Gasteiger partial charge on any atom is -0.467 e. The van der Waals surface area contributed by atoms with E-state index in [0.29, 0.717) is 13.2 Å². The summed E-state index contributed by atoms with van der Waals surface area (Å²) in [6, 6.07) is 11.7. The average molecular weight is 350 g/mol. The molecule has 24 heavy (non-hydrogen) atoms. The van der Waals surface area contributed by atoms with Crippen molar-refractivity contribution in [3.63, 3.8) is 0 Å². The second-order valence-electron chi connectivity index (χ2n) is 5.29. The van der Waals surface area contributed by atoms with Crippen molar-refractivity contribution >= 4 is 17.6 Å². The highest BCUT2D eigenvalue weighted by molar-refractivity contribution is 6.30. The van der Waals surface area contributed by atoms with Gasteiger partial charge in [-0.15, -0.1) is 0 Å². The third kappa shape index (κ3) is 7.06. The van der Waals surface area contributed by atoms with Crippen LogP contribution in [0, 0.1) is 0 Å². The fraction of sp³-hybridized carbons (Fsp3) is 0.389. The first kappa shape index (κ1) is 18.4. The molecule has 1 aromatic heterocycles. The molecule has 1 heterocycles. The van der Waals surface area contributed by atoms with Crippen molar-refractivity contribution in [2.24, 2.45) is 4.99 Å². The van der Waals surface area contributed by atoms with Gasteiger partial charge in [0.2, 0.25) is 0 Å². The summed E-state index contributed by atoms with van der Waals surface area (Å²) >= 11 is 5.98. The number of hydrogen-bond acceptors (Lipinski definition) is 3. The monoisotopic (exact) mass is 349 g/mol. The Kier molecular flexibility index (Phi) is 8.21. The summed E-state index contributed by atoms with van der Waals surface area (Å²) in [5.74, 6) is 1.64. The normalized spacial score (nSPS) is 11.5. The van der Waals surface area contributed by atoms with E-state index >= 15 is 0 Å². The highest BCUT2D eigenvalue weighted by Crippen LogP contribution is 2.10. The molecule has 2 N–H and O–H groups in total. The maximum Gasteiger partial charge on any atom is 0.190 e. The second-order valence-corrected chi connectivity index (χ2v) is 5.73. The summed E-state index contributed by atoms with van der Waals surface area (Å²) in [5, 5.41) is 7.33. The summed E-state index contributed by atoms with van der Waals surface area (Å²) in [5.41, 5.74) is 1.21. The van der Waals surface area contributed by atoms with E-state index in [2.05, 4.69) is 21.7 Å². The number of aliphatic imine (C=N–C) groups is 1.